The molecule has 0 fully saturated rings. The van der Waals surface area contributed by atoms with E-state index in [1.807, 2.05) is 36.4 Å². The molecule has 4 nitrogen and oxygen atoms in total. The van der Waals surface area contributed by atoms with Crippen LogP contribution < -0.4 is 14.2 Å². The zero-order valence-corrected chi connectivity index (χ0v) is 12.1. The van der Waals surface area contributed by atoms with Gasteiger partial charge in [-0.05, 0) is 18.2 Å². The number of ether oxygens (including phenoxy) is 3. The molecule has 1 aliphatic rings. The van der Waals surface area contributed by atoms with E-state index in [0.717, 1.165) is 16.9 Å². The molecule has 1 aliphatic heterocycles. The van der Waals surface area contributed by atoms with E-state index in [2.05, 4.69) is 0 Å². The van der Waals surface area contributed by atoms with Gasteiger partial charge in [0.2, 0.25) is 0 Å². The number of aliphatic hydroxyl groups excluding tert-OH is 1. The highest BCUT2D eigenvalue weighted by atomic mass is 16.5. The van der Waals surface area contributed by atoms with E-state index in [1.165, 1.54) is 0 Å². The third-order valence-corrected chi connectivity index (χ3v) is 3.77. The van der Waals surface area contributed by atoms with E-state index in [-0.39, 0.29) is 6.10 Å². The quantitative estimate of drug-likeness (QED) is 0.941. The van der Waals surface area contributed by atoms with Crippen molar-refractivity contribution in [2.75, 3.05) is 14.2 Å². The zero-order valence-electron chi connectivity index (χ0n) is 12.1. The van der Waals surface area contributed by atoms with Gasteiger partial charge in [0, 0.05) is 23.6 Å². The summed E-state index contributed by atoms with van der Waals surface area (Å²) in [5, 5.41) is 10.4. The van der Waals surface area contributed by atoms with Gasteiger partial charge in [-0.25, -0.2) is 0 Å². The first kappa shape index (κ1) is 13.8. The van der Waals surface area contributed by atoms with Crippen molar-refractivity contribution in [3.8, 4) is 17.2 Å². The highest BCUT2D eigenvalue weighted by Crippen LogP contribution is 2.44. The molecule has 0 radical (unpaired) electrons. The maximum absolute atomic E-state index is 10.4. The lowest BCUT2D eigenvalue weighted by molar-refractivity contribution is 0.0643. The summed E-state index contributed by atoms with van der Waals surface area (Å²) in [6.07, 6.45) is -0.301. The number of benzene rings is 2. The Balaban J connectivity index is 1.97. The smallest absolute Gasteiger partial charge is 0.130 e. The SMILES string of the molecule is COc1ccc2c(c1)OC(c1ccccc1OC)CC2O. The molecule has 0 bridgehead atoms. The van der Waals surface area contributed by atoms with Gasteiger partial charge in [-0.2, -0.15) is 0 Å². The minimum Gasteiger partial charge on any atom is -0.497 e. The Morgan fingerprint density at radius 2 is 1.86 bits per heavy atom. The number of para-hydroxylation sites is 1. The Kier molecular flexibility index (Phi) is 3.71. The van der Waals surface area contributed by atoms with Crippen LogP contribution in [0.1, 0.15) is 29.8 Å². The topological polar surface area (TPSA) is 47.9 Å². The largest absolute Gasteiger partial charge is 0.497 e. The average molecular weight is 286 g/mol. The maximum atomic E-state index is 10.4. The Morgan fingerprint density at radius 1 is 1.05 bits per heavy atom. The number of methoxy groups -OCH3 is 2. The number of aliphatic hydroxyl groups is 1. The Hall–Kier alpha value is -2.20. The maximum Gasteiger partial charge on any atom is 0.130 e. The van der Waals surface area contributed by atoms with Crippen molar-refractivity contribution < 1.29 is 19.3 Å². The second-order valence-corrected chi connectivity index (χ2v) is 5.00. The molecule has 0 saturated heterocycles. The van der Waals surface area contributed by atoms with E-state index in [1.54, 1.807) is 20.3 Å². The number of fused-ring (bicyclic) bond motifs is 1. The van der Waals surface area contributed by atoms with Crippen molar-refractivity contribution in [1.82, 2.24) is 0 Å². The molecule has 0 saturated carbocycles. The van der Waals surface area contributed by atoms with Crippen LogP contribution in [0, 0.1) is 0 Å². The number of rotatable bonds is 3. The van der Waals surface area contributed by atoms with Gasteiger partial charge in [-0.15, -0.1) is 0 Å². The molecule has 0 aliphatic carbocycles. The normalized spacial score (nSPS) is 20.3. The zero-order chi connectivity index (χ0) is 14.8. The summed E-state index contributed by atoms with van der Waals surface area (Å²) in [6.45, 7) is 0. The van der Waals surface area contributed by atoms with Crippen LogP contribution in [0.3, 0.4) is 0 Å². The highest BCUT2D eigenvalue weighted by Gasteiger charge is 2.29. The lowest BCUT2D eigenvalue weighted by Crippen LogP contribution is -2.19. The molecule has 0 spiro atoms. The van der Waals surface area contributed by atoms with Crippen LogP contribution in [-0.4, -0.2) is 19.3 Å². The van der Waals surface area contributed by atoms with Crippen LogP contribution in [0.5, 0.6) is 17.2 Å². The summed E-state index contributed by atoms with van der Waals surface area (Å²) >= 11 is 0. The highest BCUT2D eigenvalue weighted by molar-refractivity contribution is 5.45. The van der Waals surface area contributed by atoms with Crippen molar-refractivity contribution >= 4 is 0 Å². The predicted molar refractivity (Wildman–Crippen MR) is 78.9 cm³/mol. The molecule has 2 atom stereocenters. The Morgan fingerprint density at radius 3 is 2.62 bits per heavy atom. The van der Waals surface area contributed by atoms with Crippen LogP contribution in [-0.2, 0) is 0 Å². The van der Waals surface area contributed by atoms with Gasteiger partial charge in [-0.3, -0.25) is 0 Å². The fraction of sp³-hybridized carbons (Fsp3) is 0.294. The molecule has 0 amide bonds. The van der Waals surface area contributed by atoms with E-state index in [0.29, 0.717) is 17.9 Å². The molecule has 2 unspecified atom stereocenters. The van der Waals surface area contributed by atoms with Crippen molar-refractivity contribution in [2.24, 2.45) is 0 Å². The van der Waals surface area contributed by atoms with Crippen molar-refractivity contribution in [1.29, 1.82) is 0 Å². The van der Waals surface area contributed by atoms with Crippen LogP contribution in [0.15, 0.2) is 42.5 Å². The monoisotopic (exact) mass is 286 g/mol. The predicted octanol–water partition coefficient (Wildman–Crippen LogP) is 3.26. The molecule has 4 heteroatoms. The molecule has 3 rings (SSSR count). The lowest BCUT2D eigenvalue weighted by atomic mass is 9.94. The van der Waals surface area contributed by atoms with Crippen molar-refractivity contribution in [2.45, 2.75) is 18.6 Å². The van der Waals surface area contributed by atoms with Crippen molar-refractivity contribution in [3.63, 3.8) is 0 Å². The van der Waals surface area contributed by atoms with Gasteiger partial charge in [0.25, 0.3) is 0 Å². The van der Waals surface area contributed by atoms with Gasteiger partial charge in [0.05, 0.1) is 20.3 Å². The van der Waals surface area contributed by atoms with E-state index in [9.17, 15) is 5.11 Å². The summed E-state index contributed by atoms with van der Waals surface area (Å²) in [5.41, 5.74) is 1.73. The van der Waals surface area contributed by atoms with E-state index >= 15 is 0 Å². The summed E-state index contributed by atoms with van der Waals surface area (Å²) in [5.74, 6) is 2.13. The molecule has 110 valence electrons. The molecule has 2 aromatic carbocycles. The molecule has 2 aromatic rings. The molecule has 21 heavy (non-hydrogen) atoms. The summed E-state index contributed by atoms with van der Waals surface area (Å²) in [4.78, 5) is 0. The third kappa shape index (κ3) is 2.54. The first-order valence-electron chi connectivity index (χ1n) is 6.88. The summed E-state index contributed by atoms with van der Waals surface area (Å²) in [7, 11) is 3.24. The number of hydrogen-bond donors (Lipinski definition) is 1. The fourth-order valence-electron chi connectivity index (χ4n) is 2.67. The van der Waals surface area contributed by atoms with Crippen LogP contribution in [0.25, 0.3) is 0 Å². The summed E-state index contributed by atoms with van der Waals surface area (Å²) < 4.78 is 16.6. The third-order valence-electron chi connectivity index (χ3n) is 3.77. The standard InChI is InChI=1S/C17H18O4/c1-19-11-7-8-12-14(18)10-17(21-16(12)9-11)13-5-3-4-6-15(13)20-2/h3-9,14,17-18H,10H2,1-2H3. The first-order chi connectivity index (χ1) is 10.2. The molecule has 1 heterocycles. The Labute approximate surface area is 123 Å². The van der Waals surface area contributed by atoms with E-state index < -0.39 is 6.10 Å². The van der Waals surface area contributed by atoms with Gasteiger partial charge < -0.3 is 19.3 Å². The van der Waals surface area contributed by atoms with E-state index in [4.69, 9.17) is 14.2 Å². The molecule has 1 N–H and O–H groups in total. The van der Waals surface area contributed by atoms with Gasteiger partial charge in [0.1, 0.15) is 23.4 Å². The van der Waals surface area contributed by atoms with Crippen LogP contribution >= 0.6 is 0 Å². The first-order valence-corrected chi connectivity index (χ1v) is 6.88. The molecular weight excluding hydrogens is 268 g/mol. The fourth-order valence-corrected chi connectivity index (χ4v) is 2.67. The minimum atomic E-state index is -0.561. The second kappa shape index (κ2) is 5.66. The van der Waals surface area contributed by atoms with Gasteiger partial charge in [0.15, 0.2) is 0 Å². The average Bonchev–Trinajstić information content (AvgIpc) is 2.54. The molecule has 0 aromatic heterocycles. The van der Waals surface area contributed by atoms with Gasteiger partial charge in [-0.1, -0.05) is 18.2 Å². The van der Waals surface area contributed by atoms with Crippen molar-refractivity contribution in [3.05, 3.63) is 53.6 Å². The summed E-state index contributed by atoms with van der Waals surface area (Å²) in [6, 6.07) is 13.2. The molecular formula is C17H18O4. The van der Waals surface area contributed by atoms with Crippen LogP contribution in [0.2, 0.25) is 0 Å². The van der Waals surface area contributed by atoms with Gasteiger partial charge >= 0.3 is 0 Å². The second-order valence-electron chi connectivity index (χ2n) is 5.00. The lowest BCUT2D eigenvalue weighted by Gasteiger charge is -2.30. The number of hydrogen-bond acceptors (Lipinski definition) is 4. The minimum absolute atomic E-state index is 0.240. The van der Waals surface area contributed by atoms with Crippen LogP contribution in [0.4, 0.5) is 0 Å². The Bertz CT molecular complexity index is 638.